The van der Waals surface area contributed by atoms with Crippen LogP contribution in [-0.2, 0) is 17.6 Å². The average molecular weight is 371 g/mol. The van der Waals surface area contributed by atoms with Crippen LogP contribution in [0.4, 0.5) is 5.69 Å². The summed E-state index contributed by atoms with van der Waals surface area (Å²) in [6.45, 7) is 0. The molecular weight excluding hydrogens is 350 g/mol. The number of benzene rings is 2. The van der Waals surface area contributed by atoms with Crippen LogP contribution in [0.5, 0.6) is 0 Å². The number of aromatic nitrogens is 1. The zero-order valence-electron chi connectivity index (χ0n) is 15.4. The van der Waals surface area contributed by atoms with E-state index in [0.29, 0.717) is 5.56 Å². The van der Waals surface area contributed by atoms with E-state index in [1.165, 1.54) is 5.56 Å². The summed E-state index contributed by atoms with van der Waals surface area (Å²) >= 11 is 0. The molecule has 2 N–H and O–H groups in total. The molecule has 0 saturated heterocycles. The number of carbonyl (C=O) groups is 2. The molecule has 5 nitrogen and oxygen atoms in total. The van der Waals surface area contributed by atoms with E-state index in [1.54, 1.807) is 30.5 Å². The van der Waals surface area contributed by atoms with Crippen molar-refractivity contribution in [1.29, 1.82) is 0 Å². The number of pyridine rings is 1. The lowest BCUT2D eigenvalue weighted by atomic mass is 10.0. The lowest BCUT2D eigenvalue weighted by Crippen LogP contribution is -2.37. The Morgan fingerprint density at radius 1 is 0.893 bits per heavy atom. The molecule has 1 aliphatic rings. The van der Waals surface area contributed by atoms with Crippen molar-refractivity contribution >= 4 is 17.5 Å². The Morgan fingerprint density at radius 2 is 1.61 bits per heavy atom. The van der Waals surface area contributed by atoms with E-state index in [1.807, 2.05) is 42.6 Å². The Balaban J connectivity index is 1.60. The van der Waals surface area contributed by atoms with Crippen LogP contribution < -0.4 is 10.6 Å². The Labute approximate surface area is 163 Å². The lowest BCUT2D eigenvalue weighted by Gasteiger charge is -2.20. The van der Waals surface area contributed by atoms with E-state index in [2.05, 4.69) is 15.6 Å². The summed E-state index contributed by atoms with van der Waals surface area (Å²) in [7, 11) is 0. The van der Waals surface area contributed by atoms with Gasteiger partial charge in [-0.25, -0.2) is 0 Å². The van der Waals surface area contributed by atoms with E-state index >= 15 is 0 Å². The maximum atomic E-state index is 13.1. The number of carbonyl (C=O) groups excluding carboxylic acids is 2. The monoisotopic (exact) mass is 371 g/mol. The Morgan fingerprint density at radius 3 is 2.36 bits per heavy atom. The predicted octanol–water partition coefficient (Wildman–Crippen LogP) is 3.68. The van der Waals surface area contributed by atoms with Crippen molar-refractivity contribution in [2.24, 2.45) is 0 Å². The fourth-order valence-electron chi connectivity index (χ4n) is 3.56. The van der Waals surface area contributed by atoms with Crippen molar-refractivity contribution < 1.29 is 9.59 Å². The largest absolute Gasteiger partial charge is 0.336 e. The minimum Gasteiger partial charge on any atom is -0.336 e. The zero-order valence-corrected chi connectivity index (χ0v) is 15.4. The molecule has 1 aliphatic carbocycles. The highest BCUT2D eigenvalue weighted by molar-refractivity contribution is 6.01. The van der Waals surface area contributed by atoms with Gasteiger partial charge >= 0.3 is 0 Å². The number of hydrogen-bond donors (Lipinski definition) is 2. The minimum atomic E-state index is -0.800. The Kier molecular flexibility index (Phi) is 5.15. The molecule has 3 aromatic rings. The summed E-state index contributed by atoms with van der Waals surface area (Å²) in [4.78, 5) is 30.0. The summed E-state index contributed by atoms with van der Waals surface area (Å²) in [5.74, 6) is -0.571. The van der Waals surface area contributed by atoms with Gasteiger partial charge in [-0.3, -0.25) is 14.6 Å². The van der Waals surface area contributed by atoms with E-state index in [0.717, 1.165) is 36.1 Å². The van der Waals surface area contributed by atoms with Crippen LogP contribution in [0.15, 0.2) is 73.1 Å². The second-order valence-corrected chi connectivity index (χ2v) is 6.85. The predicted molar refractivity (Wildman–Crippen MR) is 108 cm³/mol. The van der Waals surface area contributed by atoms with Crippen LogP contribution in [0, 0.1) is 0 Å². The molecule has 0 fully saturated rings. The first-order valence-electron chi connectivity index (χ1n) is 9.40. The van der Waals surface area contributed by atoms with Gasteiger partial charge in [0.1, 0.15) is 6.04 Å². The van der Waals surface area contributed by atoms with E-state index in [4.69, 9.17) is 0 Å². The molecule has 1 unspecified atom stereocenters. The van der Waals surface area contributed by atoms with Crippen LogP contribution in [0.2, 0.25) is 0 Å². The van der Waals surface area contributed by atoms with Crippen molar-refractivity contribution in [2.75, 3.05) is 5.32 Å². The van der Waals surface area contributed by atoms with Crippen molar-refractivity contribution in [3.63, 3.8) is 0 Å². The van der Waals surface area contributed by atoms with Crippen molar-refractivity contribution in [3.05, 3.63) is 95.3 Å². The van der Waals surface area contributed by atoms with Gasteiger partial charge < -0.3 is 10.6 Å². The molecule has 5 heteroatoms. The summed E-state index contributed by atoms with van der Waals surface area (Å²) in [6.07, 6.45) is 6.53. The molecule has 2 amide bonds. The first-order valence-corrected chi connectivity index (χ1v) is 9.40. The van der Waals surface area contributed by atoms with E-state index < -0.39 is 6.04 Å². The molecule has 1 atom stereocenters. The molecule has 28 heavy (non-hydrogen) atoms. The standard InChI is InChI=1S/C23H21N3O2/c27-22(17-10-5-2-6-11-17)26-21(16-8-3-1-4-9-16)23(28)25-20-15-24-14-18-12-7-13-19(18)20/h1-6,8-11,14-15,21H,7,12-13H2,(H,25,28)(H,26,27). The van der Waals surface area contributed by atoms with E-state index in [9.17, 15) is 9.59 Å². The highest BCUT2D eigenvalue weighted by atomic mass is 16.2. The van der Waals surface area contributed by atoms with Gasteiger partial charge in [-0.1, -0.05) is 48.5 Å². The van der Waals surface area contributed by atoms with Crippen molar-refractivity contribution in [3.8, 4) is 0 Å². The van der Waals surface area contributed by atoms with Crippen LogP contribution in [-0.4, -0.2) is 16.8 Å². The van der Waals surface area contributed by atoms with Crippen LogP contribution in [0.25, 0.3) is 0 Å². The fraction of sp³-hybridized carbons (Fsp3) is 0.174. The summed E-state index contributed by atoms with van der Waals surface area (Å²) in [5.41, 5.74) is 4.30. The van der Waals surface area contributed by atoms with Gasteiger partial charge in [0, 0.05) is 11.8 Å². The van der Waals surface area contributed by atoms with Gasteiger partial charge in [-0.05, 0) is 48.1 Å². The molecule has 0 saturated carbocycles. The highest BCUT2D eigenvalue weighted by Gasteiger charge is 2.25. The van der Waals surface area contributed by atoms with Crippen LogP contribution in [0.3, 0.4) is 0 Å². The van der Waals surface area contributed by atoms with Crippen molar-refractivity contribution in [2.45, 2.75) is 25.3 Å². The number of hydrogen-bond acceptors (Lipinski definition) is 3. The summed E-state index contributed by atoms with van der Waals surface area (Å²) in [6, 6.07) is 17.4. The molecule has 1 heterocycles. The van der Waals surface area contributed by atoms with Crippen LogP contribution in [0.1, 0.15) is 39.5 Å². The van der Waals surface area contributed by atoms with Gasteiger partial charge in [0.05, 0.1) is 11.9 Å². The summed E-state index contributed by atoms with van der Waals surface area (Å²) < 4.78 is 0. The molecule has 0 aliphatic heterocycles. The first kappa shape index (κ1) is 17.9. The number of nitrogens with zero attached hydrogens (tertiary/aromatic N) is 1. The lowest BCUT2D eigenvalue weighted by molar-refractivity contribution is -0.118. The van der Waals surface area contributed by atoms with Gasteiger partial charge in [-0.2, -0.15) is 0 Å². The highest BCUT2D eigenvalue weighted by Crippen LogP contribution is 2.28. The molecule has 0 spiro atoms. The molecule has 0 radical (unpaired) electrons. The maximum absolute atomic E-state index is 13.1. The first-order chi connectivity index (χ1) is 13.7. The summed E-state index contributed by atoms with van der Waals surface area (Å²) in [5, 5.41) is 5.85. The number of fused-ring (bicyclic) bond motifs is 1. The second kappa shape index (κ2) is 8.05. The molecule has 2 aromatic carbocycles. The fourth-order valence-corrected chi connectivity index (χ4v) is 3.56. The molecule has 0 bridgehead atoms. The number of anilines is 1. The SMILES string of the molecule is O=C(NC(C(=O)Nc1cncc2c1CCC2)c1ccccc1)c1ccccc1. The van der Waals surface area contributed by atoms with Gasteiger partial charge in [0.25, 0.3) is 11.8 Å². The van der Waals surface area contributed by atoms with Gasteiger partial charge in [0.2, 0.25) is 0 Å². The second-order valence-electron chi connectivity index (χ2n) is 6.85. The molecular formula is C23H21N3O2. The third-order valence-corrected chi connectivity index (χ3v) is 4.98. The number of rotatable bonds is 5. The Hall–Kier alpha value is -3.47. The number of aryl methyl sites for hydroxylation is 1. The molecule has 140 valence electrons. The zero-order chi connectivity index (χ0) is 19.3. The third kappa shape index (κ3) is 3.78. The smallest absolute Gasteiger partial charge is 0.252 e. The number of amides is 2. The minimum absolute atomic E-state index is 0.280. The van der Waals surface area contributed by atoms with E-state index in [-0.39, 0.29) is 11.8 Å². The quantitative estimate of drug-likeness (QED) is 0.719. The van der Waals surface area contributed by atoms with Crippen molar-refractivity contribution in [1.82, 2.24) is 10.3 Å². The van der Waals surface area contributed by atoms with Gasteiger partial charge in [0.15, 0.2) is 0 Å². The molecule has 1 aromatic heterocycles. The number of nitrogens with one attached hydrogen (secondary N) is 2. The normalized spacial score (nSPS) is 13.4. The van der Waals surface area contributed by atoms with Crippen LogP contribution >= 0.6 is 0 Å². The topological polar surface area (TPSA) is 71.1 Å². The third-order valence-electron chi connectivity index (χ3n) is 4.98. The van der Waals surface area contributed by atoms with Gasteiger partial charge in [-0.15, -0.1) is 0 Å². The molecule has 4 rings (SSSR count). The maximum Gasteiger partial charge on any atom is 0.252 e. The average Bonchev–Trinajstić information content (AvgIpc) is 3.23. The Bertz CT molecular complexity index is 987.